The summed E-state index contributed by atoms with van der Waals surface area (Å²) in [5.74, 6) is 0.203. The highest BCUT2D eigenvalue weighted by atomic mass is 14.9. The van der Waals surface area contributed by atoms with Crippen molar-refractivity contribution in [1.29, 1.82) is 5.26 Å². The van der Waals surface area contributed by atoms with Gasteiger partial charge in [-0.3, -0.25) is 0 Å². The molecule has 2 unspecified atom stereocenters. The first-order valence-corrected chi connectivity index (χ1v) is 5.21. The van der Waals surface area contributed by atoms with Crippen LogP contribution in [0.5, 0.6) is 0 Å². The van der Waals surface area contributed by atoms with Gasteiger partial charge in [0.05, 0.1) is 12.0 Å². The summed E-state index contributed by atoms with van der Waals surface area (Å²) in [6.07, 6.45) is 5.93. The lowest BCUT2D eigenvalue weighted by Gasteiger charge is -2.20. The quantitative estimate of drug-likeness (QED) is 0.639. The van der Waals surface area contributed by atoms with Crippen LogP contribution in [0.3, 0.4) is 0 Å². The predicted octanol–water partition coefficient (Wildman–Crippen LogP) is 1.01. The van der Waals surface area contributed by atoms with Gasteiger partial charge in [-0.15, -0.1) is 0 Å². The molecular formula is C10H19N3. The molecule has 1 aliphatic carbocycles. The number of nitrogens with two attached hydrogens (primary N) is 1. The van der Waals surface area contributed by atoms with Crippen molar-refractivity contribution in [3.63, 3.8) is 0 Å². The molecule has 0 amide bonds. The summed E-state index contributed by atoms with van der Waals surface area (Å²) < 4.78 is 0. The second-order valence-corrected chi connectivity index (χ2v) is 3.72. The monoisotopic (exact) mass is 181 g/mol. The minimum atomic E-state index is 0.203. The van der Waals surface area contributed by atoms with E-state index in [0.29, 0.717) is 12.6 Å². The summed E-state index contributed by atoms with van der Waals surface area (Å²) >= 11 is 0. The van der Waals surface area contributed by atoms with Gasteiger partial charge in [-0.2, -0.15) is 5.26 Å². The molecule has 0 aromatic heterocycles. The van der Waals surface area contributed by atoms with Crippen molar-refractivity contribution in [2.75, 3.05) is 13.1 Å². The molecule has 3 N–H and O–H groups in total. The van der Waals surface area contributed by atoms with E-state index in [9.17, 15) is 0 Å². The van der Waals surface area contributed by atoms with Gasteiger partial charge in [-0.05, 0) is 12.8 Å². The van der Waals surface area contributed by atoms with Gasteiger partial charge in [0.15, 0.2) is 0 Å². The van der Waals surface area contributed by atoms with E-state index in [0.717, 1.165) is 19.4 Å². The van der Waals surface area contributed by atoms with Crippen LogP contribution in [0, 0.1) is 17.2 Å². The van der Waals surface area contributed by atoms with E-state index in [1.54, 1.807) is 0 Å². The number of hydrogen-bond donors (Lipinski definition) is 2. The summed E-state index contributed by atoms with van der Waals surface area (Å²) in [6.45, 7) is 1.50. The lowest BCUT2D eigenvalue weighted by Crippen LogP contribution is -2.37. The molecule has 0 heterocycles. The molecule has 0 spiro atoms. The van der Waals surface area contributed by atoms with Gasteiger partial charge >= 0.3 is 0 Å². The SMILES string of the molecule is N#CC1CCCCCC1NCCN. The standard InChI is InChI=1S/C10H19N3/c11-6-7-13-10-5-3-1-2-4-9(10)8-12/h9-10,13H,1-7,11H2. The zero-order valence-electron chi connectivity index (χ0n) is 8.13. The Hall–Kier alpha value is -0.590. The van der Waals surface area contributed by atoms with Crippen LogP contribution in [0.15, 0.2) is 0 Å². The lowest BCUT2D eigenvalue weighted by molar-refractivity contribution is 0.399. The summed E-state index contributed by atoms with van der Waals surface area (Å²) in [4.78, 5) is 0. The Balaban J connectivity index is 2.40. The molecule has 1 fully saturated rings. The smallest absolute Gasteiger partial charge is 0.0672 e. The van der Waals surface area contributed by atoms with Crippen LogP contribution in [0.4, 0.5) is 0 Å². The van der Waals surface area contributed by atoms with Crippen LogP contribution in [0.1, 0.15) is 32.1 Å². The Bertz CT molecular complexity index is 173. The zero-order valence-corrected chi connectivity index (χ0v) is 8.13. The van der Waals surface area contributed by atoms with Crippen LogP contribution in [0.25, 0.3) is 0 Å². The molecule has 0 bridgehead atoms. The van der Waals surface area contributed by atoms with E-state index < -0.39 is 0 Å². The molecule has 13 heavy (non-hydrogen) atoms. The van der Waals surface area contributed by atoms with Crippen LogP contribution in [-0.2, 0) is 0 Å². The fourth-order valence-corrected chi connectivity index (χ4v) is 1.98. The summed E-state index contributed by atoms with van der Waals surface area (Å²) in [7, 11) is 0. The number of rotatable bonds is 3. The van der Waals surface area contributed by atoms with Gasteiger partial charge in [0, 0.05) is 19.1 Å². The van der Waals surface area contributed by atoms with E-state index in [2.05, 4.69) is 11.4 Å². The molecule has 3 nitrogen and oxygen atoms in total. The number of nitrogens with one attached hydrogen (secondary N) is 1. The second-order valence-electron chi connectivity index (χ2n) is 3.72. The molecule has 3 heteroatoms. The van der Waals surface area contributed by atoms with Crippen LogP contribution < -0.4 is 11.1 Å². The summed E-state index contributed by atoms with van der Waals surface area (Å²) in [5, 5.41) is 12.3. The molecule has 0 radical (unpaired) electrons. The van der Waals surface area contributed by atoms with Gasteiger partial charge in [0.2, 0.25) is 0 Å². The molecule has 2 atom stereocenters. The lowest BCUT2D eigenvalue weighted by atomic mass is 9.96. The highest BCUT2D eigenvalue weighted by molar-refractivity contribution is 4.93. The zero-order chi connectivity index (χ0) is 9.52. The Morgan fingerprint density at radius 3 is 2.77 bits per heavy atom. The minimum Gasteiger partial charge on any atom is -0.329 e. The number of nitriles is 1. The molecule has 0 saturated heterocycles. The molecule has 1 saturated carbocycles. The Morgan fingerprint density at radius 2 is 2.08 bits per heavy atom. The van der Waals surface area contributed by atoms with E-state index in [1.807, 2.05) is 0 Å². The first-order chi connectivity index (χ1) is 6.38. The van der Waals surface area contributed by atoms with Crippen molar-refractivity contribution < 1.29 is 0 Å². The Morgan fingerprint density at radius 1 is 1.31 bits per heavy atom. The molecule has 0 aliphatic heterocycles. The van der Waals surface area contributed by atoms with E-state index >= 15 is 0 Å². The van der Waals surface area contributed by atoms with Crippen molar-refractivity contribution in [3.8, 4) is 6.07 Å². The predicted molar refractivity (Wildman–Crippen MR) is 53.0 cm³/mol. The minimum absolute atomic E-state index is 0.203. The van der Waals surface area contributed by atoms with Crippen molar-refractivity contribution in [2.24, 2.45) is 11.7 Å². The third-order valence-corrected chi connectivity index (χ3v) is 2.73. The van der Waals surface area contributed by atoms with Gasteiger partial charge in [-0.25, -0.2) is 0 Å². The first kappa shape index (κ1) is 10.5. The molecule has 1 aliphatic rings. The Kier molecular flexibility index (Phi) is 4.81. The molecule has 0 aromatic carbocycles. The van der Waals surface area contributed by atoms with Crippen molar-refractivity contribution in [3.05, 3.63) is 0 Å². The molecule has 0 aromatic rings. The van der Waals surface area contributed by atoms with Gasteiger partial charge < -0.3 is 11.1 Å². The van der Waals surface area contributed by atoms with E-state index in [-0.39, 0.29) is 5.92 Å². The maximum absolute atomic E-state index is 8.96. The van der Waals surface area contributed by atoms with Gasteiger partial charge in [0.1, 0.15) is 0 Å². The normalized spacial score (nSPS) is 29.2. The highest BCUT2D eigenvalue weighted by Crippen LogP contribution is 2.22. The Labute approximate surface area is 80.3 Å². The fourth-order valence-electron chi connectivity index (χ4n) is 1.98. The summed E-state index contributed by atoms with van der Waals surface area (Å²) in [6, 6.07) is 2.78. The van der Waals surface area contributed by atoms with E-state index in [1.165, 1.54) is 19.3 Å². The van der Waals surface area contributed by atoms with Crippen LogP contribution in [0.2, 0.25) is 0 Å². The van der Waals surface area contributed by atoms with Gasteiger partial charge in [0.25, 0.3) is 0 Å². The number of hydrogen-bond acceptors (Lipinski definition) is 3. The summed E-state index contributed by atoms with van der Waals surface area (Å²) in [5.41, 5.74) is 5.43. The van der Waals surface area contributed by atoms with Crippen LogP contribution >= 0.6 is 0 Å². The van der Waals surface area contributed by atoms with Crippen molar-refractivity contribution >= 4 is 0 Å². The largest absolute Gasteiger partial charge is 0.329 e. The number of nitrogens with zero attached hydrogens (tertiary/aromatic N) is 1. The topological polar surface area (TPSA) is 61.8 Å². The van der Waals surface area contributed by atoms with Gasteiger partial charge in [-0.1, -0.05) is 19.3 Å². The molecule has 74 valence electrons. The maximum Gasteiger partial charge on any atom is 0.0672 e. The van der Waals surface area contributed by atoms with Crippen molar-refractivity contribution in [1.82, 2.24) is 5.32 Å². The van der Waals surface area contributed by atoms with E-state index in [4.69, 9.17) is 11.0 Å². The van der Waals surface area contributed by atoms with Crippen LogP contribution in [-0.4, -0.2) is 19.1 Å². The maximum atomic E-state index is 8.96. The average molecular weight is 181 g/mol. The first-order valence-electron chi connectivity index (χ1n) is 5.21. The molecular weight excluding hydrogens is 162 g/mol. The van der Waals surface area contributed by atoms with Crippen molar-refractivity contribution in [2.45, 2.75) is 38.1 Å². The third-order valence-electron chi connectivity index (χ3n) is 2.73. The molecule has 1 rings (SSSR count). The second kappa shape index (κ2) is 5.95. The highest BCUT2D eigenvalue weighted by Gasteiger charge is 2.22. The third kappa shape index (κ3) is 3.33. The average Bonchev–Trinajstić information content (AvgIpc) is 2.39. The fraction of sp³-hybridized carbons (Fsp3) is 0.900.